The monoisotopic (exact) mass is 220 g/mol. The van der Waals surface area contributed by atoms with Crippen LogP contribution in [0.3, 0.4) is 0 Å². The second kappa shape index (κ2) is 4.99. The van der Waals surface area contributed by atoms with Crippen LogP contribution in [0.25, 0.3) is 0 Å². The van der Waals surface area contributed by atoms with Gasteiger partial charge in [0, 0.05) is 25.9 Å². The summed E-state index contributed by atoms with van der Waals surface area (Å²) in [4.78, 5) is 13.4. The minimum absolute atomic E-state index is 0.00938. The Labute approximate surface area is 95.2 Å². The van der Waals surface area contributed by atoms with Crippen molar-refractivity contribution in [2.45, 2.75) is 6.42 Å². The van der Waals surface area contributed by atoms with Crippen LogP contribution in [-0.2, 0) is 11.2 Å². The van der Waals surface area contributed by atoms with Crippen LogP contribution >= 0.6 is 0 Å². The van der Waals surface area contributed by atoms with Crippen LogP contribution in [0.4, 0.5) is 10.5 Å². The van der Waals surface area contributed by atoms with Gasteiger partial charge in [-0.05, 0) is 18.1 Å². The van der Waals surface area contributed by atoms with Gasteiger partial charge in [-0.3, -0.25) is 4.90 Å². The van der Waals surface area contributed by atoms with E-state index in [1.807, 2.05) is 24.3 Å². The smallest absolute Gasteiger partial charge is 0.322 e. The molecule has 0 unspecified atom stereocenters. The van der Waals surface area contributed by atoms with Gasteiger partial charge in [0.05, 0.1) is 6.61 Å². The van der Waals surface area contributed by atoms with Gasteiger partial charge in [-0.1, -0.05) is 18.2 Å². The number of hydrogen-bond acceptors (Lipinski definition) is 2. The summed E-state index contributed by atoms with van der Waals surface area (Å²) in [6.45, 7) is 2.13. The number of urea groups is 1. The minimum atomic E-state index is -0.00938. The molecular weight excluding hydrogens is 204 g/mol. The number of anilines is 1. The molecule has 1 aliphatic rings. The molecule has 1 aromatic carbocycles. The highest BCUT2D eigenvalue weighted by molar-refractivity contribution is 5.94. The molecule has 0 saturated carbocycles. The summed E-state index contributed by atoms with van der Waals surface area (Å²) in [5, 5.41) is 2.81. The van der Waals surface area contributed by atoms with E-state index in [0.29, 0.717) is 6.61 Å². The molecule has 16 heavy (non-hydrogen) atoms. The van der Waals surface area contributed by atoms with E-state index in [-0.39, 0.29) is 6.03 Å². The van der Waals surface area contributed by atoms with Crippen molar-refractivity contribution < 1.29 is 9.53 Å². The zero-order valence-corrected chi connectivity index (χ0v) is 9.40. The number of carbonyl (C=O) groups excluding carboxylic acids is 1. The maximum Gasteiger partial charge on any atom is 0.322 e. The molecule has 0 bridgehead atoms. The summed E-state index contributed by atoms with van der Waals surface area (Å²) < 4.78 is 5.07. The lowest BCUT2D eigenvalue weighted by Gasteiger charge is -2.18. The Kier molecular flexibility index (Phi) is 3.41. The molecule has 0 spiro atoms. The predicted octanol–water partition coefficient (Wildman–Crippen LogP) is 1.41. The maximum atomic E-state index is 11.6. The van der Waals surface area contributed by atoms with Crippen molar-refractivity contribution in [1.29, 1.82) is 0 Å². The molecule has 1 aliphatic heterocycles. The number of benzene rings is 1. The Morgan fingerprint density at radius 1 is 1.44 bits per heavy atom. The Morgan fingerprint density at radius 2 is 2.25 bits per heavy atom. The van der Waals surface area contributed by atoms with Crippen LogP contribution in [0.15, 0.2) is 24.3 Å². The van der Waals surface area contributed by atoms with Crippen molar-refractivity contribution in [1.82, 2.24) is 5.32 Å². The van der Waals surface area contributed by atoms with Crippen molar-refractivity contribution in [3.8, 4) is 0 Å². The molecule has 86 valence electrons. The van der Waals surface area contributed by atoms with Crippen molar-refractivity contribution in [3.63, 3.8) is 0 Å². The van der Waals surface area contributed by atoms with Crippen LogP contribution in [0.2, 0.25) is 0 Å². The van der Waals surface area contributed by atoms with E-state index < -0.39 is 0 Å². The van der Waals surface area contributed by atoms with Gasteiger partial charge in [0.25, 0.3) is 0 Å². The Bertz CT molecular complexity index is 379. The third kappa shape index (κ3) is 2.17. The summed E-state index contributed by atoms with van der Waals surface area (Å²) in [6, 6.07) is 7.96. The molecule has 2 amide bonds. The van der Waals surface area contributed by atoms with Crippen LogP contribution in [0.5, 0.6) is 0 Å². The first kappa shape index (κ1) is 11.0. The largest absolute Gasteiger partial charge is 0.384 e. The zero-order chi connectivity index (χ0) is 11.4. The first-order valence-corrected chi connectivity index (χ1v) is 5.45. The number of nitrogens with one attached hydrogen (secondary N) is 1. The maximum absolute atomic E-state index is 11.6. The third-order valence-corrected chi connectivity index (χ3v) is 2.71. The molecule has 4 nitrogen and oxygen atoms in total. The lowest BCUT2D eigenvalue weighted by atomic mass is 10.1. The number of rotatable bonds is 4. The molecule has 1 saturated heterocycles. The van der Waals surface area contributed by atoms with Gasteiger partial charge in [-0.15, -0.1) is 0 Å². The average molecular weight is 220 g/mol. The molecule has 1 aromatic rings. The fourth-order valence-corrected chi connectivity index (χ4v) is 1.90. The molecule has 0 aromatic heterocycles. The van der Waals surface area contributed by atoms with Gasteiger partial charge < -0.3 is 10.1 Å². The standard InChI is InChI=1S/C12H16N2O2/c1-16-9-6-10-4-2-3-5-11(10)14-8-7-13-12(14)15/h2-5H,6-9H2,1H3,(H,13,15). The topological polar surface area (TPSA) is 41.6 Å². The zero-order valence-electron chi connectivity index (χ0n) is 9.40. The van der Waals surface area contributed by atoms with Crippen molar-refractivity contribution in [3.05, 3.63) is 29.8 Å². The summed E-state index contributed by atoms with van der Waals surface area (Å²) in [7, 11) is 1.69. The predicted molar refractivity (Wildman–Crippen MR) is 62.8 cm³/mol. The van der Waals surface area contributed by atoms with Crippen molar-refractivity contribution >= 4 is 11.7 Å². The Balaban J connectivity index is 2.21. The van der Waals surface area contributed by atoms with Crippen LogP contribution in [0, 0.1) is 0 Å². The summed E-state index contributed by atoms with van der Waals surface area (Å²) in [5.74, 6) is 0. The summed E-state index contributed by atoms with van der Waals surface area (Å²) in [6.07, 6.45) is 0.830. The SMILES string of the molecule is COCCc1ccccc1N1CCNC1=O. The van der Waals surface area contributed by atoms with E-state index in [2.05, 4.69) is 5.32 Å². The molecule has 4 heteroatoms. The van der Waals surface area contributed by atoms with Crippen LogP contribution in [0.1, 0.15) is 5.56 Å². The van der Waals surface area contributed by atoms with E-state index in [1.54, 1.807) is 12.0 Å². The van der Waals surface area contributed by atoms with E-state index in [1.165, 1.54) is 0 Å². The van der Waals surface area contributed by atoms with Gasteiger partial charge in [0.1, 0.15) is 0 Å². The Hall–Kier alpha value is -1.55. The van der Waals surface area contributed by atoms with Gasteiger partial charge in [0.2, 0.25) is 0 Å². The highest BCUT2D eigenvalue weighted by Crippen LogP contribution is 2.22. The lowest BCUT2D eigenvalue weighted by Crippen LogP contribution is -2.28. The van der Waals surface area contributed by atoms with Crippen LogP contribution in [-0.4, -0.2) is 32.8 Å². The summed E-state index contributed by atoms with van der Waals surface area (Å²) in [5.41, 5.74) is 2.15. The van der Waals surface area contributed by atoms with E-state index >= 15 is 0 Å². The van der Waals surface area contributed by atoms with Gasteiger partial charge in [-0.2, -0.15) is 0 Å². The molecule has 0 radical (unpaired) electrons. The van der Waals surface area contributed by atoms with Gasteiger partial charge >= 0.3 is 6.03 Å². The number of nitrogens with zero attached hydrogens (tertiary/aromatic N) is 1. The molecule has 0 atom stereocenters. The number of para-hydroxylation sites is 1. The Morgan fingerprint density at radius 3 is 2.94 bits per heavy atom. The van der Waals surface area contributed by atoms with Gasteiger partial charge in [-0.25, -0.2) is 4.79 Å². The second-order valence-corrected chi connectivity index (χ2v) is 3.76. The molecule has 0 aliphatic carbocycles. The number of methoxy groups -OCH3 is 1. The summed E-state index contributed by atoms with van der Waals surface area (Å²) >= 11 is 0. The highest BCUT2D eigenvalue weighted by Gasteiger charge is 2.22. The minimum Gasteiger partial charge on any atom is -0.384 e. The van der Waals surface area contributed by atoms with E-state index in [0.717, 1.165) is 30.8 Å². The molecule has 1 heterocycles. The van der Waals surface area contributed by atoms with Crippen LogP contribution < -0.4 is 10.2 Å². The molecular formula is C12H16N2O2. The van der Waals surface area contributed by atoms with Crippen molar-refractivity contribution in [2.75, 3.05) is 31.7 Å². The molecule has 1 N–H and O–H groups in total. The quantitative estimate of drug-likeness (QED) is 0.833. The second-order valence-electron chi connectivity index (χ2n) is 3.76. The number of amides is 2. The number of carbonyl (C=O) groups is 1. The molecule has 1 fully saturated rings. The fourth-order valence-electron chi connectivity index (χ4n) is 1.90. The fraction of sp³-hybridized carbons (Fsp3) is 0.417. The van der Waals surface area contributed by atoms with Crippen molar-refractivity contribution in [2.24, 2.45) is 0 Å². The average Bonchev–Trinajstić information content (AvgIpc) is 2.73. The number of hydrogen-bond donors (Lipinski definition) is 1. The highest BCUT2D eigenvalue weighted by atomic mass is 16.5. The van der Waals surface area contributed by atoms with E-state index in [9.17, 15) is 4.79 Å². The van der Waals surface area contributed by atoms with E-state index in [4.69, 9.17) is 4.74 Å². The molecule has 2 rings (SSSR count). The number of ether oxygens (including phenoxy) is 1. The lowest BCUT2D eigenvalue weighted by molar-refractivity contribution is 0.202. The first-order chi connectivity index (χ1) is 7.83. The first-order valence-electron chi connectivity index (χ1n) is 5.45. The van der Waals surface area contributed by atoms with Gasteiger partial charge in [0.15, 0.2) is 0 Å². The normalized spacial score (nSPS) is 15.3. The third-order valence-electron chi connectivity index (χ3n) is 2.71.